The number of hydrogen-bond donors (Lipinski definition) is 3. The van der Waals surface area contributed by atoms with Crippen LogP contribution in [0, 0.1) is 0 Å². The van der Waals surface area contributed by atoms with Gasteiger partial charge in [0.2, 0.25) is 5.91 Å². The second-order valence-electron chi connectivity index (χ2n) is 10.0. The lowest BCUT2D eigenvalue weighted by atomic mass is 9.94. The first-order valence-corrected chi connectivity index (χ1v) is 12.9. The van der Waals surface area contributed by atoms with E-state index in [2.05, 4.69) is 22.1 Å². The Morgan fingerprint density at radius 2 is 1.85 bits per heavy atom. The van der Waals surface area contributed by atoms with Crippen LogP contribution in [0.2, 0.25) is 0 Å². The van der Waals surface area contributed by atoms with E-state index in [1.54, 1.807) is 4.57 Å². The highest BCUT2D eigenvalue weighted by atomic mass is 16.3. The van der Waals surface area contributed by atoms with E-state index in [4.69, 9.17) is 5.73 Å². The van der Waals surface area contributed by atoms with Crippen molar-refractivity contribution in [1.29, 1.82) is 0 Å². The fourth-order valence-electron chi connectivity index (χ4n) is 5.91. The lowest BCUT2D eigenvalue weighted by molar-refractivity contribution is -0.119. The predicted molar refractivity (Wildman–Crippen MR) is 135 cm³/mol. The van der Waals surface area contributed by atoms with Crippen LogP contribution in [-0.2, 0) is 4.79 Å². The van der Waals surface area contributed by atoms with Gasteiger partial charge in [0.25, 0.3) is 5.56 Å². The van der Waals surface area contributed by atoms with Crippen LogP contribution in [0.3, 0.4) is 0 Å². The number of carbonyl (C=O) groups is 1. The van der Waals surface area contributed by atoms with Gasteiger partial charge in [-0.1, -0.05) is 44.2 Å². The lowest BCUT2D eigenvalue weighted by Crippen LogP contribution is -2.42. The van der Waals surface area contributed by atoms with Crippen molar-refractivity contribution in [1.82, 2.24) is 14.5 Å². The Kier molecular flexibility index (Phi) is 8.21. The summed E-state index contributed by atoms with van der Waals surface area (Å²) in [7, 11) is 0. The van der Waals surface area contributed by atoms with Crippen LogP contribution in [0.4, 0.5) is 5.82 Å². The molecule has 1 amide bonds. The average Bonchev–Trinajstić information content (AvgIpc) is 3.25. The smallest absolute Gasteiger partial charge is 0.294 e. The van der Waals surface area contributed by atoms with Gasteiger partial charge in [-0.15, -0.1) is 0 Å². The molecule has 1 aliphatic carbocycles. The molecule has 4 N–H and O–H groups in total. The summed E-state index contributed by atoms with van der Waals surface area (Å²) in [6, 6.07) is 7.59. The Bertz CT molecular complexity index is 1030. The van der Waals surface area contributed by atoms with Gasteiger partial charge in [0.15, 0.2) is 5.82 Å². The Morgan fingerprint density at radius 3 is 2.56 bits per heavy atom. The number of likely N-dealkylation sites (tertiary alicyclic amines) is 1. The Labute approximate surface area is 201 Å². The summed E-state index contributed by atoms with van der Waals surface area (Å²) in [6.45, 7) is 2.75. The number of carbonyl (C=O) groups excluding carboxylic acids is 1. The molecule has 2 aliphatic rings. The number of hydrogen-bond acceptors (Lipinski definition) is 6. The zero-order chi connectivity index (χ0) is 24.1. The van der Waals surface area contributed by atoms with Crippen LogP contribution in [-0.4, -0.2) is 56.7 Å². The Hall–Kier alpha value is -2.45. The van der Waals surface area contributed by atoms with Crippen LogP contribution in [0.15, 0.2) is 29.1 Å². The normalized spacial score (nSPS) is 22.2. The summed E-state index contributed by atoms with van der Waals surface area (Å²) in [4.78, 5) is 32.4. The monoisotopic (exact) mass is 469 g/mol. The predicted octanol–water partition coefficient (Wildman–Crippen LogP) is 3.18. The van der Waals surface area contributed by atoms with Crippen molar-refractivity contribution in [2.45, 2.75) is 95.3 Å². The molecule has 0 spiro atoms. The summed E-state index contributed by atoms with van der Waals surface area (Å²) in [6.07, 6.45) is 12.5. The number of primary amides is 1. The standard InChI is InChI=1S/C26H39N5O3/c1-18(16-20-12-9-15-30(20)19-10-5-3-2-4-6-11-19)31-23-14-8-7-13-21(23)28-25(26(31)34)29-22(17-32)24(27)33/h7-8,13-14,18-20,22,32H,2-6,9-12,15-17H2,1H3,(H2,27,33)(H,28,29)/t18-,20-,22-/m0/s1. The number of nitrogens with zero attached hydrogens (tertiary/aromatic N) is 3. The molecular formula is C26H39N5O3. The van der Waals surface area contributed by atoms with Crippen molar-refractivity contribution in [3.8, 4) is 0 Å². The summed E-state index contributed by atoms with van der Waals surface area (Å²) < 4.78 is 1.80. The first kappa shape index (κ1) is 24.7. The zero-order valence-corrected chi connectivity index (χ0v) is 20.3. The van der Waals surface area contributed by atoms with Crippen LogP contribution in [0.1, 0.15) is 77.2 Å². The number of anilines is 1. The number of para-hydroxylation sites is 2. The van der Waals surface area contributed by atoms with E-state index in [0.29, 0.717) is 17.6 Å². The number of aliphatic hydroxyl groups is 1. The Balaban J connectivity index is 1.61. The number of nitrogens with two attached hydrogens (primary N) is 1. The molecule has 1 aliphatic heterocycles. The first-order valence-electron chi connectivity index (χ1n) is 12.9. The molecule has 8 nitrogen and oxygen atoms in total. The second kappa shape index (κ2) is 11.3. The van der Waals surface area contributed by atoms with Crippen molar-refractivity contribution < 1.29 is 9.90 Å². The minimum atomic E-state index is -1.06. The summed E-state index contributed by atoms with van der Waals surface area (Å²) in [5, 5.41) is 12.3. The minimum absolute atomic E-state index is 0.0405. The molecule has 2 fully saturated rings. The molecule has 4 rings (SSSR count). The molecule has 34 heavy (non-hydrogen) atoms. The Morgan fingerprint density at radius 1 is 1.15 bits per heavy atom. The molecule has 1 saturated heterocycles. The van der Waals surface area contributed by atoms with Gasteiger partial charge in [-0.2, -0.15) is 0 Å². The van der Waals surface area contributed by atoms with Crippen molar-refractivity contribution in [2.75, 3.05) is 18.5 Å². The molecule has 1 aromatic carbocycles. The maximum Gasteiger partial charge on any atom is 0.294 e. The number of rotatable bonds is 8. The maximum absolute atomic E-state index is 13.5. The van der Waals surface area contributed by atoms with Gasteiger partial charge >= 0.3 is 0 Å². The number of nitrogens with one attached hydrogen (secondary N) is 1. The fraction of sp³-hybridized carbons (Fsp3) is 0.654. The van der Waals surface area contributed by atoms with Crippen LogP contribution < -0.4 is 16.6 Å². The molecule has 8 heteroatoms. The third kappa shape index (κ3) is 5.44. The molecule has 3 atom stereocenters. The summed E-state index contributed by atoms with van der Waals surface area (Å²) in [5.41, 5.74) is 6.52. The fourth-order valence-corrected chi connectivity index (χ4v) is 5.91. The average molecular weight is 470 g/mol. The molecule has 186 valence electrons. The van der Waals surface area contributed by atoms with Gasteiger partial charge < -0.3 is 20.7 Å². The maximum atomic E-state index is 13.5. The lowest BCUT2D eigenvalue weighted by Gasteiger charge is -2.36. The molecule has 1 saturated carbocycles. The van der Waals surface area contributed by atoms with E-state index in [9.17, 15) is 14.7 Å². The summed E-state index contributed by atoms with van der Waals surface area (Å²) >= 11 is 0. The number of aromatic nitrogens is 2. The van der Waals surface area contributed by atoms with E-state index in [0.717, 1.165) is 24.9 Å². The van der Waals surface area contributed by atoms with Gasteiger partial charge in [0.1, 0.15) is 6.04 Å². The van der Waals surface area contributed by atoms with Crippen LogP contribution in [0.5, 0.6) is 0 Å². The molecule has 0 bridgehead atoms. The highest BCUT2D eigenvalue weighted by molar-refractivity contribution is 5.83. The summed E-state index contributed by atoms with van der Waals surface area (Å²) in [5.74, 6) is -0.677. The number of fused-ring (bicyclic) bond motifs is 1. The largest absolute Gasteiger partial charge is 0.394 e. The third-order valence-corrected chi connectivity index (χ3v) is 7.65. The third-order valence-electron chi connectivity index (χ3n) is 7.65. The van der Waals surface area contributed by atoms with Gasteiger partial charge in [-0.05, 0) is 57.7 Å². The van der Waals surface area contributed by atoms with Gasteiger partial charge in [0, 0.05) is 18.1 Å². The van der Waals surface area contributed by atoms with Crippen molar-refractivity contribution in [3.63, 3.8) is 0 Å². The van der Waals surface area contributed by atoms with E-state index in [1.165, 1.54) is 51.4 Å². The highest BCUT2D eigenvalue weighted by Crippen LogP contribution is 2.32. The number of amides is 1. The van der Waals surface area contributed by atoms with E-state index in [1.807, 2.05) is 24.3 Å². The van der Waals surface area contributed by atoms with E-state index in [-0.39, 0.29) is 17.4 Å². The second-order valence-corrected chi connectivity index (χ2v) is 10.0. The SMILES string of the molecule is C[C@@H](C[C@@H]1CCCN1C1CCCCCCC1)n1c(=O)c(N[C@@H](CO)C(N)=O)nc2ccccc21. The zero-order valence-electron chi connectivity index (χ0n) is 20.3. The molecule has 2 aromatic rings. The minimum Gasteiger partial charge on any atom is -0.394 e. The van der Waals surface area contributed by atoms with Crippen molar-refractivity contribution in [3.05, 3.63) is 34.6 Å². The first-order chi connectivity index (χ1) is 16.5. The molecule has 1 aromatic heterocycles. The molecule has 0 unspecified atom stereocenters. The highest BCUT2D eigenvalue weighted by Gasteiger charge is 2.32. The van der Waals surface area contributed by atoms with Gasteiger partial charge in [-0.3, -0.25) is 14.5 Å². The molecule has 0 radical (unpaired) electrons. The van der Waals surface area contributed by atoms with Gasteiger partial charge in [0.05, 0.1) is 17.6 Å². The van der Waals surface area contributed by atoms with Crippen LogP contribution in [0.25, 0.3) is 11.0 Å². The van der Waals surface area contributed by atoms with Crippen molar-refractivity contribution in [2.24, 2.45) is 5.73 Å². The van der Waals surface area contributed by atoms with E-state index < -0.39 is 18.6 Å². The van der Waals surface area contributed by atoms with Gasteiger partial charge in [-0.25, -0.2) is 4.98 Å². The number of benzene rings is 1. The number of aliphatic hydroxyl groups excluding tert-OH is 1. The molecule has 2 heterocycles. The van der Waals surface area contributed by atoms with Crippen molar-refractivity contribution >= 4 is 22.8 Å². The van der Waals surface area contributed by atoms with E-state index >= 15 is 0 Å². The molecular weight excluding hydrogens is 430 g/mol. The van der Waals surface area contributed by atoms with Crippen LogP contribution >= 0.6 is 0 Å². The topological polar surface area (TPSA) is 113 Å². The quantitative estimate of drug-likeness (QED) is 0.547.